The van der Waals surface area contributed by atoms with E-state index in [1.165, 1.54) is 19.3 Å². The quantitative estimate of drug-likeness (QED) is 0.600. The lowest BCUT2D eigenvalue weighted by Crippen LogP contribution is -2.41. The first kappa shape index (κ1) is 18.9. The maximum Gasteiger partial charge on any atom is 0.215 e. The SMILES string of the molecule is CCCNCC(C)S(=O)(=O)NCCCN1CCCCC1C. The molecule has 1 saturated heterocycles. The fraction of sp³-hybridized carbons (Fsp3) is 1.00. The van der Waals surface area contributed by atoms with Crippen LogP contribution in [-0.2, 0) is 10.0 Å². The van der Waals surface area contributed by atoms with Crippen molar-refractivity contribution in [2.75, 3.05) is 32.7 Å². The van der Waals surface area contributed by atoms with Crippen LogP contribution in [0, 0.1) is 0 Å². The molecule has 0 amide bonds. The number of piperidine rings is 1. The van der Waals surface area contributed by atoms with E-state index in [0.29, 0.717) is 19.1 Å². The van der Waals surface area contributed by atoms with Crippen LogP contribution in [0.5, 0.6) is 0 Å². The molecule has 1 aliphatic rings. The highest BCUT2D eigenvalue weighted by Gasteiger charge is 2.20. The fourth-order valence-electron chi connectivity index (χ4n) is 2.72. The van der Waals surface area contributed by atoms with Gasteiger partial charge in [-0.15, -0.1) is 0 Å². The van der Waals surface area contributed by atoms with Crippen molar-refractivity contribution in [2.45, 2.75) is 64.2 Å². The number of hydrogen-bond donors (Lipinski definition) is 2. The number of rotatable bonds is 10. The summed E-state index contributed by atoms with van der Waals surface area (Å²) in [6, 6.07) is 0.646. The van der Waals surface area contributed by atoms with Crippen molar-refractivity contribution in [1.82, 2.24) is 14.9 Å². The molecular formula is C15H33N3O2S. The van der Waals surface area contributed by atoms with Crippen LogP contribution in [0.2, 0.25) is 0 Å². The van der Waals surface area contributed by atoms with Crippen LogP contribution >= 0.6 is 0 Å². The smallest absolute Gasteiger partial charge is 0.215 e. The molecule has 1 rings (SSSR count). The molecule has 1 heterocycles. The van der Waals surface area contributed by atoms with Gasteiger partial charge >= 0.3 is 0 Å². The second-order valence-corrected chi connectivity index (χ2v) is 8.37. The molecule has 0 aromatic carbocycles. The van der Waals surface area contributed by atoms with Crippen molar-refractivity contribution in [3.8, 4) is 0 Å². The summed E-state index contributed by atoms with van der Waals surface area (Å²) in [6.45, 7) is 10.2. The summed E-state index contributed by atoms with van der Waals surface area (Å²) in [5, 5.41) is 2.78. The maximum absolute atomic E-state index is 12.1. The highest BCUT2D eigenvalue weighted by molar-refractivity contribution is 7.90. The number of likely N-dealkylation sites (tertiary alicyclic amines) is 1. The van der Waals surface area contributed by atoms with Gasteiger partial charge in [0.15, 0.2) is 0 Å². The maximum atomic E-state index is 12.1. The molecule has 1 aliphatic heterocycles. The Morgan fingerprint density at radius 1 is 1.29 bits per heavy atom. The van der Waals surface area contributed by atoms with E-state index >= 15 is 0 Å². The molecule has 2 N–H and O–H groups in total. The van der Waals surface area contributed by atoms with Crippen LogP contribution in [-0.4, -0.2) is 57.3 Å². The zero-order valence-electron chi connectivity index (χ0n) is 13.9. The van der Waals surface area contributed by atoms with E-state index in [9.17, 15) is 8.42 Å². The Hall–Kier alpha value is -0.170. The van der Waals surface area contributed by atoms with Crippen molar-refractivity contribution >= 4 is 10.0 Å². The van der Waals surface area contributed by atoms with Gasteiger partial charge in [-0.25, -0.2) is 13.1 Å². The first-order valence-electron chi connectivity index (χ1n) is 8.40. The third kappa shape index (κ3) is 7.08. The Bertz CT molecular complexity index is 373. The van der Waals surface area contributed by atoms with E-state index in [1.807, 2.05) is 0 Å². The lowest BCUT2D eigenvalue weighted by molar-refractivity contribution is 0.159. The predicted molar refractivity (Wildman–Crippen MR) is 89.0 cm³/mol. The number of sulfonamides is 1. The van der Waals surface area contributed by atoms with E-state index in [-0.39, 0.29) is 5.25 Å². The average Bonchev–Trinajstić information content (AvgIpc) is 2.45. The monoisotopic (exact) mass is 319 g/mol. The number of nitrogens with one attached hydrogen (secondary N) is 2. The molecule has 2 atom stereocenters. The summed E-state index contributed by atoms with van der Waals surface area (Å²) >= 11 is 0. The fourth-order valence-corrected chi connectivity index (χ4v) is 3.77. The molecule has 5 nitrogen and oxygen atoms in total. The Kier molecular flexibility index (Phi) is 8.78. The minimum absolute atomic E-state index is 0.377. The summed E-state index contributed by atoms with van der Waals surface area (Å²) in [5.41, 5.74) is 0. The highest BCUT2D eigenvalue weighted by Crippen LogP contribution is 2.16. The van der Waals surface area contributed by atoms with E-state index in [1.54, 1.807) is 6.92 Å². The molecule has 1 fully saturated rings. The minimum atomic E-state index is -3.19. The van der Waals surface area contributed by atoms with Crippen molar-refractivity contribution in [3.05, 3.63) is 0 Å². The van der Waals surface area contributed by atoms with E-state index in [2.05, 4.69) is 28.8 Å². The van der Waals surface area contributed by atoms with Crippen molar-refractivity contribution < 1.29 is 8.42 Å². The third-order valence-electron chi connectivity index (χ3n) is 4.25. The summed E-state index contributed by atoms with van der Waals surface area (Å²) in [7, 11) is -3.19. The van der Waals surface area contributed by atoms with Gasteiger partial charge < -0.3 is 10.2 Å². The van der Waals surface area contributed by atoms with E-state index < -0.39 is 10.0 Å². The zero-order valence-corrected chi connectivity index (χ0v) is 14.7. The van der Waals surface area contributed by atoms with Gasteiger partial charge in [0.25, 0.3) is 0 Å². The molecule has 6 heteroatoms. The molecule has 0 aliphatic carbocycles. The lowest BCUT2D eigenvalue weighted by Gasteiger charge is -2.33. The van der Waals surface area contributed by atoms with Crippen LogP contribution in [0.1, 0.15) is 52.9 Å². The van der Waals surface area contributed by atoms with Crippen molar-refractivity contribution in [1.29, 1.82) is 0 Å². The van der Waals surface area contributed by atoms with Crippen LogP contribution < -0.4 is 10.0 Å². The van der Waals surface area contributed by atoms with Gasteiger partial charge in [0.2, 0.25) is 10.0 Å². The van der Waals surface area contributed by atoms with Gasteiger partial charge in [-0.1, -0.05) is 13.3 Å². The number of hydrogen-bond acceptors (Lipinski definition) is 4. The van der Waals surface area contributed by atoms with Gasteiger partial charge in [0.1, 0.15) is 0 Å². The van der Waals surface area contributed by atoms with E-state index in [0.717, 1.165) is 32.5 Å². The molecule has 0 radical (unpaired) electrons. The molecule has 21 heavy (non-hydrogen) atoms. The first-order chi connectivity index (χ1) is 9.97. The summed E-state index contributed by atoms with van der Waals surface area (Å²) < 4.78 is 26.9. The van der Waals surface area contributed by atoms with Gasteiger partial charge in [-0.05, 0) is 59.2 Å². The summed E-state index contributed by atoms with van der Waals surface area (Å²) in [4.78, 5) is 2.48. The Labute approximate surface area is 130 Å². The molecule has 0 aromatic rings. The number of nitrogens with zero attached hydrogens (tertiary/aromatic N) is 1. The normalized spacial score (nSPS) is 22.3. The zero-order chi connectivity index (χ0) is 15.7. The third-order valence-corrected chi connectivity index (χ3v) is 6.09. The molecule has 0 bridgehead atoms. The van der Waals surface area contributed by atoms with E-state index in [4.69, 9.17) is 0 Å². The molecule has 126 valence electrons. The highest BCUT2D eigenvalue weighted by atomic mass is 32.2. The molecule has 0 aromatic heterocycles. The first-order valence-corrected chi connectivity index (χ1v) is 9.95. The van der Waals surface area contributed by atoms with Crippen LogP contribution in [0.25, 0.3) is 0 Å². The molecule has 2 unspecified atom stereocenters. The van der Waals surface area contributed by atoms with Crippen LogP contribution in [0.3, 0.4) is 0 Å². The molecule has 0 spiro atoms. The lowest BCUT2D eigenvalue weighted by atomic mass is 10.0. The van der Waals surface area contributed by atoms with Gasteiger partial charge in [-0.3, -0.25) is 0 Å². The molecule has 0 saturated carbocycles. The van der Waals surface area contributed by atoms with Gasteiger partial charge in [-0.2, -0.15) is 0 Å². The topological polar surface area (TPSA) is 61.4 Å². The van der Waals surface area contributed by atoms with Crippen LogP contribution in [0.4, 0.5) is 0 Å². The standard InChI is InChI=1S/C15H33N3O2S/c1-4-9-16-13-15(3)21(19,20)17-10-7-12-18-11-6-5-8-14(18)2/h14-17H,4-13H2,1-3H3. The Morgan fingerprint density at radius 2 is 2.05 bits per heavy atom. The average molecular weight is 320 g/mol. The summed E-state index contributed by atoms with van der Waals surface area (Å²) in [6.07, 6.45) is 5.78. The van der Waals surface area contributed by atoms with Crippen molar-refractivity contribution in [3.63, 3.8) is 0 Å². The predicted octanol–water partition coefficient (Wildman–Crippen LogP) is 1.56. The summed E-state index contributed by atoms with van der Waals surface area (Å²) in [5.74, 6) is 0. The Balaban J connectivity index is 2.20. The van der Waals surface area contributed by atoms with Gasteiger partial charge in [0.05, 0.1) is 5.25 Å². The second kappa shape index (κ2) is 9.77. The second-order valence-electron chi connectivity index (χ2n) is 6.19. The Morgan fingerprint density at radius 3 is 2.71 bits per heavy atom. The largest absolute Gasteiger partial charge is 0.315 e. The van der Waals surface area contributed by atoms with Gasteiger partial charge in [0, 0.05) is 19.1 Å². The van der Waals surface area contributed by atoms with Crippen LogP contribution in [0.15, 0.2) is 0 Å². The van der Waals surface area contributed by atoms with Crippen molar-refractivity contribution in [2.24, 2.45) is 0 Å². The molecular weight excluding hydrogens is 286 g/mol. The minimum Gasteiger partial charge on any atom is -0.315 e.